The predicted octanol–water partition coefficient (Wildman–Crippen LogP) is 9.31. The highest BCUT2D eigenvalue weighted by Crippen LogP contribution is 2.25. The second-order valence-electron chi connectivity index (χ2n) is 16.4. The first-order valence-corrected chi connectivity index (χ1v) is 23.3. The van der Waals surface area contributed by atoms with E-state index in [4.69, 9.17) is 0 Å². The number of hydrogen-bond donors (Lipinski definition) is 0. The third kappa shape index (κ3) is 16.1. The highest BCUT2D eigenvalue weighted by Gasteiger charge is 2.17. The number of aryl methyl sites for hydroxylation is 2. The molecule has 2 heterocycles. The van der Waals surface area contributed by atoms with Crippen molar-refractivity contribution < 1.29 is 18.1 Å². The average molecular weight is 797 g/mol. The maximum absolute atomic E-state index is 2.42. The molecule has 0 aliphatic rings. The van der Waals surface area contributed by atoms with Gasteiger partial charge < -0.3 is 18.8 Å². The van der Waals surface area contributed by atoms with Gasteiger partial charge in [-0.05, 0) is 48.2 Å². The van der Waals surface area contributed by atoms with Crippen molar-refractivity contribution >= 4 is 57.3 Å². The summed E-state index contributed by atoms with van der Waals surface area (Å²) < 4.78 is 6.55. The quantitative estimate of drug-likeness (QED) is 0.0287. The van der Waals surface area contributed by atoms with E-state index in [0.717, 1.165) is 35.1 Å². The maximum Gasteiger partial charge on any atom is 0.169 e. The van der Waals surface area contributed by atoms with Gasteiger partial charge in [-0.3, -0.25) is 0 Å². The van der Waals surface area contributed by atoms with Crippen molar-refractivity contribution in [1.82, 2.24) is 0 Å². The number of rotatable bonds is 25. The highest BCUT2D eigenvalue weighted by atomic mass is 33.1. The smallest absolute Gasteiger partial charge is 0.169 e. The lowest BCUT2D eigenvalue weighted by Crippen LogP contribution is -2.42. The Kier molecular flexibility index (Phi) is 19.0. The number of aromatic nitrogens is 2. The second-order valence-corrected chi connectivity index (χ2v) is 19.1. The minimum absolute atomic E-state index is 0.996. The normalized spacial score (nSPS) is 12.2. The Morgan fingerprint density at radius 2 is 0.857 bits per heavy atom. The molecule has 0 aliphatic carbocycles. The molecule has 2 aromatic heterocycles. The number of benzene rings is 2. The Hall–Kier alpha value is -3.56. The van der Waals surface area contributed by atoms with Crippen LogP contribution in [0.25, 0.3) is 24.3 Å². The number of anilines is 2. The van der Waals surface area contributed by atoms with Gasteiger partial charge in [0.1, 0.15) is 13.1 Å². The summed E-state index contributed by atoms with van der Waals surface area (Å²) in [5.74, 6) is 2.47. The molecule has 56 heavy (non-hydrogen) atoms. The zero-order valence-electron chi connectivity index (χ0n) is 35.9. The third-order valence-electron chi connectivity index (χ3n) is 10.8. The molecule has 8 heteroatoms. The Morgan fingerprint density at radius 1 is 0.500 bits per heavy atom. The van der Waals surface area contributed by atoms with Crippen LogP contribution < -0.4 is 18.9 Å². The van der Waals surface area contributed by atoms with Gasteiger partial charge in [-0.2, -0.15) is 0 Å². The number of hydrogen-bond acceptors (Lipinski definition) is 4. The molecule has 0 saturated carbocycles. The van der Waals surface area contributed by atoms with Crippen LogP contribution in [0, 0.1) is 0 Å². The predicted molar refractivity (Wildman–Crippen MR) is 249 cm³/mol. The van der Waals surface area contributed by atoms with E-state index < -0.39 is 0 Å². The Balaban J connectivity index is 1.07. The topological polar surface area (TPSA) is 14.2 Å². The average Bonchev–Trinajstić information content (AvgIpc) is 3.20. The van der Waals surface area contributed by atoms with Gasteiger partial charge >= 0.3 is 0 Å². The van der Waals surface area contributed by atoms with E-state index in [9.17, 15) is 0 Å². The van der Waals surface area contributed by atoms with Crippen LogP contribution in [0.5, 0.6) is 0 Å². The summed E-state index contributed by atoms with van der Waals surface area (Å²) in [7, 11) is 18.2. The number of pyridine rings is 2. The molecule has 0 atom stereocenters. The lowest BCUT2D eigenvalue weighted by atomic mass is 10.1. The molecular formula is C48H72N6S2+4. The fourth-order valence-corrected chi connectivity index (χ4v) is 9.21. The minimum Gasteiger partial charge on any atom is -0.374 e. The van der Waals surface area contributed by atoms with Gasteiger partial charge in [0.05, 0.1) is 54.4 Å². The van der Waals surface area contributed by atoms with E-state index in [1.165, 1.54) is 97.0 Å². The van der Waals surface area contributed by atoms with Crippen LogP contribution in [0.1, 0.15) is 61.8 Å². The van der Waals surface area contributed by atoms with Gasteiger partial charge in [0.15, 0.2) is 24.8 Å². The van der Waals surface area contributed by atoms with Gasteiger partial charge in [0, 0.05) is 100 Å². The summed E-state index contributed by atoms with van der Waals surface area (Å²) in [4.78, 5) is 4.85. The molecule has 0 bridgehead atoms. The molecular weight excluding hydrogens is 725 g/mol. The van der Waals surface area contributed by atoms with Crippen LogP contribution in [-0.2, 0) is 13.1 Å². The first-order valence-electron chi connectivity index (χ1n) is 20.8. The van der Waals surface area contributed by atoms with Gasteiger partial charge in [-0.25, -0.2) is 9.13 Å². The van der Waals surface area contributed by atoms with Crippen molar-refractivity contribution in [3.8, 4) is 0 Å². The summed E-state index contributed by atoms with van der Waals surface area (Å²) >= 11 is 0. The van der Waals surface area contributed by atoms with Gasteiger partial charge in [0.2, 0.25) is 0 Å². The number of para-hydroxylation sites is 2. The second kappa shape index (κ2) is 23.6. The van der Waals surface area contributed by atoms with Crippen LogP contribution in [0.2, 0.25) is 0 Å². The van der Waals surface area contributed by atoms with Gasteiger partial charge in [-0.15, -0.1) is 0 Å². The third-order valence-corrected chi connectivity index (χ3v) is 13.3. The number of quaternary nitrogens is 2. The summed E-state index contributed by atoms with van der Waals surface area (Å²) in [6.07, 6.45) is 22.4. The molecule has 0 N–H and O–H groups in total. The summed E-state index contributed by atoms with van der Waals surface area (Å²) in [5, 5.41) is 0. The molecule has 0 unspecified atom stereocenters. The number of nitrogens with zero attached hydrogens (tertiary/aromatic N) is 6. The molecule has 0 saturated heterocycles. The summed E-state index contributed by atoms with van der Waals surface area (Å²) in [6, 6.07) is 26.3. The molecule has 0 spiro atoms. The molecule has 4 aromatic rings. The van der Waals surface area contributed by atoms with Crippen LogP contribution >= 0.6 is 21.6 Å². The van der Waals surface area contributed by atoms with E-state index in [0.29, 0.717) is 0 Å². The zero-order valence-corrected chi connectivity index (χ0v) is 37.6. The van der Waals surface area contributed by atoms with Crippen LogP contribution in [0.15, 0.2) is 97.6 Å². The Morgan fingerprint density at radius 3 is 1.23 bits per heavy atom. The van der Waals surface area contributed by atoms with Crippen molar-refractivity contribution in [2.75, 3.05) is 103 Å². The van der Waals surface area contributed by atoms with Crippen molar-refractivity contribution in [2.45, 2.75) is 52.6 Å². The van der Waals surface area contributed by atoms with E-state index in [1.54, 1.807) is 0 Å². The first-order chi connectivity index (χ1) is 27.0. The maximum atomic E-state index is 2.42. The largest absolute Gasteiger partial charge is 0.374 e. The first kappa shape index (κ1) is 45.1. The van der Waals surface area contributed by atoms with Crippen LogP contribution in [0.3, 0.4) is 0 Å². The lowest BCUT2D eigenvalue weighted by Gasteiger charge is -2.31. The molecule has 0 amide bonds. The molecule has 2 aromatic carbocycles. The van der Waals surface area contributed by atoms with Crippen molar-refractivity contribution in [2.24, 2.45) is 0 Å². The SMILES string of the molecule is CC[n+]1ccc(/C=C/c2ccccc2N(C)CCC[N+](C)(C)CCCSSCCC[N+](C)(C)CCCN(C)c2ccccc2/C=C/c2cc[n+](CC)cc2)cc1. The molecule has 302 valence electrons. The zero-order chi connectivity index (χ0) is 40.2. The van der Waals surface area contributed by atoms with E-state index >= 15 is 0 Å². The van der Waals surface area contributed by atoms with Gasteiger partial charge in [0.25, 0.3) is 0 Å². The van der Waals surface area contributed by atoms with Crippen molar-refractivity contribution in [3.05, 3.63) is 120 Å². The lowest BCUT2D eigenvalue weighted by molar-refractivity contribution is -0.890. The Bertz CT molecular complexity index is 1640. The Labute approximate surface area is 349 Å². The molecule has 0 radical (unpaired) electrons. The van der Waals surface area contributed by atoms with E-state index in [-0.39, 0.29) is 0 Å². The van der Waals surface area contributed by atoms with E-state index in [1.807, 2.05) is 0 Å². The highest BCUT2D eigenvalue weighted by molar-refractivity contribution is 8.76. The van der Waals surface area contributed by atoms with Crippen molar-refractivity contribution in [1.29, 1.82) is 0 Å². The van der Waals surface area contributed by atoms with Crippen LogP contribution in [0.4, 0.5) is 11.4 Å². The minimum atomic E-state index is 0.996. The standard InChI is InChI=1S/C48H72N6S2/c1-9-51-33-27-43(28-34-51)23-25-45-19-11-13-21-47(45)49(3)31-15-37-53(5,6)39-17-41-55-56-42-18-40-54(7,8)38-16-32-50(4)48-22-14-12-20-46(48)26-24-44-29-35-52(10-2)36-30-44/h11-14,19-30,33-36H,9-10,15-18,31-32,37-42H2,1-8H3/q+4. The van der Waals surface area contributed by atoms with Crippen molar-refractivity contribution in [3.63, 3.8) is 0 Å². The fraction of sp³-hybridized carbons (Fsp3) is 0.458. The van der Waals surface area contributed by atoms with Gasteiger partial charge in [-0.1, -0.05) is 82.3 Å². The molecule has 4 rings (SSSR count). The summed E-state index contributed by atoms with van der Waals surface area (Å²) in [6.45, 7) is 13.3. The molecule has 0 aliphatic heterocycles. The van der Waals surface area contributed by atoms with E-state index in [2.05, 4.69) is 219 Å². The molecule has 6 nitrogen and oxygen atoms in total. The molecule has 0 fully saturated rings. The van der Waals surface area contributed by atoms with Crippen LogP contribution in [-0.4, -0.2) is 102 Å². The monoisotopic (exact) mass is 797 g/mol. The summed E-state index contributed by atoms with van der Waals surface area (Å²) in [5.41, 5.74) is 7.59. The fourth-order valence-electron chi connectivity index (χ4n) is 7.06.